The number of hydrogen-bond acceptors (Lipinski definition) is 4. The lowest BCUT2D eigenvalue weighted by molar-refractivity contribution is -0.123. The minimum atomic E-state index is -0.414. The maximum Gasteiger partial charge on any atom is 0.152 e. The van der Waals surface area contributed by atoms with E-state index >= 15 is 0 Å². The first-order valence-corrected chi connectivity index (χ1v) is 7.19. The molecule has 20 heavy (non-hydrogen) atoms. The van der Waals surface area contributed by atoms with E-state index in [4.69, 9.17) is 15.2 Å². The van der Waals surface area contributed by atoms with Gasteiger partial charge in [0.2, 0.25) is 0 Å². The minimum Gasteiger partial charge on any atom is -0.385 e. The average molecular weight is 277 g/mol. The van der Waals surface area contributed by atoms with Gasteiger partial charge in [-0.2, -0.15) is 0 Å². The molecule has 0 aliphatic carbocycles. The third-order valence-electron chi connectivity index (χ3n) is 3.76. The molecule has 0 spiro atoms. The van der Waals surface area contributed by atoms with E-state index in [9.17, 15) is 4.79 Å². The van der Waals surface area contributed by atoms with Crippen LogP contribution in [0.4, 0.5) is 0 Å². The van der Waals surface area contributed by atoms with Crippen molar-refractivity contribution in [1.82, 2.24) is 0 Å². The molecule has 1 aliphatic rings. The van der Waals surface area contributed by atoms with Crippen LogP contribution in [0.15, 0.2) is 24.3 Å². The van der Waals surface area contributed by atoms with Gasteiger partial charge in [-0.3, -0.25) is 4.79 Å². The summed E-state index contributed by atoms with van der Waals surface area (Å²) in [4.78, 5) is 12.2. The van der Waals surface area contributed by atoms with Crippen LogP contribution in [-0.2, 0) is 20.7 Å². The lowest BCUT2D eigenvalue weighted by Crippen LogP contribution is -2.33. The van der Waals surface area contributed by atoms with Gasteiger partial charge in [-0.05, 0) is 30.4 Å². The number of methoxy groups -OCH3 is 1. The topological polar surface area (TPSA) is 61.5 Å². The van der Waals surface area contributed by atoms with Crippen LogP contribution in [-0.4, -0.2) is 32.1 Å². The van der Waals surface area contributed by atoms with Gasteiger partial charge >= 0.3 is 0 Å². The smallest absolute Gasteiger partial charge is 0.152 e. The second-order valence-corrected chi connectivity index (χ2v) is 5.22. The third-order valence-corrected chi connectivity index (χ3v) is 3.76. The predicted octanol–water partition coefficient (Wildman–Crippen LogP) is 2.01. The predicted molar refractivity (Wildman–Crippen MR) is 77.5 cm³/mol. The van der Waals surface area contributed by atoms with Gasteiger partial charge in [0.15, 0.2) is 5.78 Å². The Kier molecular flexibility index (Phi) is 5.71. The second kappa shape index (κ2) is 7.53. The molecule has 1 aromatic carbocycles. The van der Waals surface area contributed by atoms with Gasteiger partial charge in [-0.1, -0.05) is 24.3 Å². The standard InChI is InChI=1S/C16H23NO3/c1-19-9-4-7-14(17)15(18)11-16-13-6-3-2-5-12(13)8-10-20-16/h2-3,5-6,14,16H,4,7-11,17H2,1H3. The molecule has 4 nitrogen and oxygen atoms in total. The maximum atomic E-state index is 12.2. The Labute approximate surface area is 120 Å². The lowest BCUT2D eigenvalue weighted by atomic mass is 9.92. The van der Waals surface area contributed by atoms with Crippen molar-refractivity contribution in [2.24, 2.45) is 5.73 Å². The van der Waals surface area contributed by atoms with Crippen molar-refractivity contribution in [3.8, 4) is 0 Å². The second-order valence-electron chi connectivity index (χ2n) is 5.22. The van der Waals surface area contributed by atoms with Crippen molar-refractivity contribution < 1.29 is 14.3 Å². The van der Waals surface area contributed by atoms with Crippen LogP contribution in [0.25, 0.3) is 0 Å². The molecule has 2 unspecified atom stereocenters. The fourth-order valence-electron chi connectivity index (χ4n) is 2.59. The normalized spacial score (nSPS) is 19.4. The summed E-state index contributed by atoms with van der Waals surface area (Å²) >= 11 is 0. The summed E-state index contributed by atoms with van der Waals surface area (Å²) in [6.45, 7) is 1.32. The van der Waals surface area contributed by atoms with E-state index in [1.54, 1.807) is 7.11 Å². The number of ketones is 1. The zero-order valence-corrected chi connectivity index (χ0v) is 12.0. The van der Waals surface area contributed by atoms with Crippen molar-refractivity contribution in [2.45, 2.75) is 37.8 Å². The van der Waals surface area contributed by atoms with Crippen LogP contribution in [0.5, 0.6) is 0 Å². The summed E-state index contributed by atoms with van der Waals surface area (Å²) in [6.07, 6.45) is 2.62. The van der Waals surface area contributed by atoms with Crippen LogP contribution < -0.4 is 5.73 Å². The number of ether oxygens (including phenoxy) is 2. The molecule has 110 valence electrons. The highest BCUT2D eigenvalue weighted by Crippen LogP contribution is 2.29. The van der Waals surface area contributed by atoms with E-state index < -0.39 is 6.04 Å². The molecule has 0 radical (unpaired) electrons. The van der Waals surface area contributed by atoms with Crippen molar-refractivity contribution in [3.05, 3.63) is 35.4 Å². The Morgan fingerprint density at radius 1 is 1.50 bits per heavy atom. The van der Waals surface area contributed by atoms with E-state index in [-0.39, 0.29) is 11.9 Å². The maximum absolute atomic E-state index is 12.2. The zero-order chi connectivity index (χ0) is 14.4. The highest BCUT2D eigenvalue weighted by Gasteiger charge is 2.25. The van der Waals surface area contributed by atoms with E-state index in [0.717, 1.165) is 18.4 Å². The van der Waals surface area contributed by atoms with Crippen LogP contribution in [0.2, 0.25) is 0 Å². The van der Waals surface area contributed by atoms with Crippen LogP contribution >= 0.6 is 0 Å². The molecule has 2 N–H and O–H groups in total. The fraction of sp³-hybridized carbons (Fsp3) is 0.562. The number of Topliss-reactive ketones (excluding diaryl/α,β-unsaturated/α-hetero) is 1. The van der Waals surface area contributed by atoms with Crippen LogP contribution in [0.1, 0.15) is 36.5 Å². The summed E-state index contributed by atoms with van der Waals surface area (Å²) < 4.78 is 10.7. The average Bonchev–Trinajstić information content (AvgIpc) is 2.47. The van der Waals surface area contributed by atoms with E-state index in [2.05, 4.69) is 6.07 Å². The first-order chi connectivity index (χ1) is 9.72. The summed E-state index contributed by atoms with van der Waals surface area (Å²) in [7, 11) is 1.65. The molecular weight excluding hydrogens is 254 g/mol. The van der Waals surface area contributed by atoms with Gasteiger partial charge in [0.05, 0.1) is 18.8 Å². The van der Waals surface area contributed by atoms with Crippen LogP contribution in [0.3, 0.4) is 0 Å². The molecule has 0 amide bonds. The number of fused-ring (bicyclic) bond motifs is 1. The van der Waals surface area contributed by atoms with Crippen molar-refractivity contribution in [3.63, 3.8) is 0 Å². The Morgan fingerprint density at radius 2 is 2.30 bits per heavy atom. The highest BCUT2D eigenvalue weighted by atomic mass is 16.5. The molecule has 0 saturated heterocycles. The number of hydrogen-bond donors (Lipinski definition) is 1. The molecule has 2 atom stereocenters. The quantitative estimate of drug-likeness (QED) is 0.774. The number of carbonyl (C=O) groups is 1. The number of nitrogens with two attached hydrogens (primary N) is 1. The molecular formula is C16H23NO3. The van der Waals surface area contributed by atoms with Crippen molar-refractivity contribution >= 4 is 5.78 Å². The van der Waals surface area contributed by atoms with Gasteiger partial charge in [0.1, 0.15) is 0 Å². The number of rotatable bonds is 7. The summed E-state index contributed by atoms with van der Waals surface area (Å²) in [6, 6.07) is 7.75. The Balaban J connectivity index is 1.92. The van der Waals surface area contributed by atoms with Gasteiger partial charge < -0.3 is 15.2 Å². The Morgan fingerprint density at radius 3 is 3.10 bits per heavy atom. The molecule has 1 heterocycles. The van der Waals surface area contributed by atoms with Crippen molar-refractivity contribution in [1.29, 1.82) is 0 Å². The van der Waals surface area contributed by atoms with E-state index in [0.29, 0.717) is 26.1 Å². The number of benzene rings is 1. The number of carbonyl (C=O) groups excluding carboxylic acids is 1. The summed E-state index contributed by atoms with van der Waals surface area (Å²) in [5.41, 5.74) is 8.35. The molecule has 0 saturated carbocycles. The summed E-state index contributed by atoms with van der Waals surface area (Å²) in [5.74, 6) is 0.0720. The fourth-order valence-corrected chi connectivity index (χ4v) is 2.59. The first kappa shape index (κ1) is 15.2. The summed E-state index contributed by atoms with van der Waals surface area (Å²) in [5, 5.41) is 0. The molecule has 1 aromatic rings. The first-order valence-electron chi connectivity index (χ1n) is 7.19. The molecule has 1 aliphatic heterocycles. The molecule has 0 aromatic heterocycles. The van der Waals surface area contributed by atoms with Gasteiger partial charge in [0, 0.05) is 20.1 Å². The van der Waals surface area contributed by atoms with Gasteiger partial charge in [-0.25, -0.2) is 0 Å². The third kappa shape index (κ3) is 3.88. The Bertz CT molecular complexity index is 447. The molecule has 0 fully saturated rings. The van der Waals surface area contributed by atoms with E-state index in [1.807, 2.05) is 18.2 Å². The monoisotopic (exact) mass is 277 g/mol. The molecule has 2 rings (SSSR count). The van der Waals surface area contributed by atoms with Crippen LogP contribution in [0, 0.1) is 0 Å². The Hall–Kier alpha value is -1.23. The minimum absolute atomic E-state index is 0.0720. The SMILES string of the molecule is COCCCC(N)C(=O)CC1OCCc2ccccc21. The lowest BCUT2D eigenvalue weighted by Gasteiger charge is -2.26. The zero-order valence-electron chi connectivity index (χ0n) is 12.0. The molecule has 0 bridgehead atoms. The van der Waals surface area contributed by atoms with Gasteiger partial charge in [0.25, 0.3) is 0 Å². The van der Waals surface area contributed by atoms with E-state index in [1.165, 1.54) is 5.56 Å². The largest absolute Gasteiger partial charge is 0.385 e. The van der Waals surface area contributed by atoms with Gasteiger partial charge in [-0.15, -0.1) is 0 Å². The van der Waals surface area contributed by atoms with Crippen molar-refractivity contribution in [2.75, 3.05) is 20.3 Å². The highest BCUT2D eigenvalue weighted by molar-refractivity contribution is 5.84. The molecule has 4 heteroatoms.